The summed E-state index contributed by atoms with van der Waals surface area (Å²) < 4.78 is 0. The molecule has 1 aliphatic rings. The lowest BCUT2D eigenvalue weighted by molar-refractivity contribution is 0.206. The number of likely N-dealkylation sites (tertiary alicyclic amines) is 1. The van der Waals surface area contributed by atoms with Gasteiger partial charge in [0.25, 0.3) is 0 Å². The van der Waals surface area contributed by atoms with Gasteiger partial charge >= 0.3 is 0 Å². The van der Waals surface area contributed by atoms with Gasteiger partial charge in [-0.3, -0.25) is 0 Å². The van der Waals surface area contributed by atoms with Crippen LogP contribution in [0.3, 0.4) is 0 Å². The lowest BCUT2D eigenvalue weighted by Gasteiger charge is -2.29. The predicted octanol–water partition coefficient (Wildman–Crippen LogP) is 1.99. The van der Waals surface area contributed by atoms with E-state index < -0.39 is 0 Å². The molecule has 1 atom stereocenters. The van der Waals surface area contributed by atoms with Gasteiger partial charge in [-0.2, -0.15) is 5.26 Å². The second kappa shape index (κ2) is 6.53. The van der Waals surface area contributed by atoms with Gasteiger partial charge in [-0.1, -0.05) is 12.1 Å². The van der Waals surface area contributed by atoms with Crippen molar-refractivity contribution in [2.75, 3.05) is 26.7 Å². The summed E-state index contributed by atoms with van der Waals surface area (Å²) in [5.41, 5.74) is 1.94. The van der Waals surface area contributed by atoms with E-state index in [1.165, 1.54) is 31.5 Å². The molecule has 0 aromatic heterocycles. The quantitative estimate of drug-likeness (QED) is 0.879. The molecule has 1 fully saturated rings. The minimum absolute atomic E-state index is 0.742. The van der Waals surface area contributed by atoms with Crippen molar-refractivity contribution in [2.24, 2.45) is 5.92 Å². The maximum absolute atomic E-state index is 8.84. The molecule has 1 N–H and O–H groups in total. The summed E-state index contributed by atoms with van der Waals surface area (Å²) in [4.78, 5) is 2.41. The fourth-order valence-electron chi connectivity index (χ4n) is 2.61. The zero-order valence-corrected chi connectivity index (χ0v) is 11.0. The van der Waals surface area contributed by atoms with Crippen LogP contribution in [0.5, 0.6) is 0 Å². The average Bonchev–Trinajstić information content (AvgIpc) is 2.39. The average molecular weight is 243 g/mol. The summed E-state index contributed by atoms with van der Waals surface area (Å²) in [6.07, 6.45) is 2.64. The first-order valence-corrected chi connectivity index (χ1v) is 6.66. The Morgan fingerprint density at radius 2 is 2.39 bits per heavy atom. The fourth-order valence-corrected chi connectivity index (χ4v) is 2.61. The standard InChI is InChI=1S/C15H21N3/c1-18-7-3-6-15(12-18)11-17-10-14-5-2-4-13(8-14)9-16/h2,4-5,8,15,17H,3,6-7,10-12H2,1H3. The molecular formula is C15H21N3. The molecule has 1 aromatic rings. The van der Waals surface area contributed by atoms with Crippen molar-refractivity contribution in [1.82, 2.24) is 10.2 Å². The molecule has 1 heterocycles. The lowest BCUT2D eigenvalue weighted by atomic mass is 9.98. The molecule has 0 aliphatic carbocycles. The first kappa shape index (κ1) is 13.1. The summed E-state index contributed by atoms with van der Waals surface area (Å²) in [7, 11) is 2.20. The minimum Gasteiger partial charge on any atom is -0.312 e. The van der Waals surface area contributed by atoms with Gasteiger partial charge in [-0.05, 0) is 56.6 Å². The summed E-state index contributed by atoms with van der Waals surface area (Å²) in [6, 6.07) is 10.0. The zero-order chi connectivity index (χ0) is 12.8. The molecule has 1 saturated heterocycles. The molecule has 1 aromatic carbocycles. The Morgan fingerprint density at radius 3 is 3.17 bits per heavy atom. The topological polar surface area (TPSA) is 39.1 Å². The molecule has 18 heavy (non-hydrogen) atoms. The van der Waals surface area contributed by atoms with Gasteiger partial charge in [-0.25, -0.2) is 0 Å². The van der Waals surface area contributed by atoms with Gasteiger partial charge in [0.1, 0.15) is 0 Å². The fraction of sp³-hybridized carbons (Fsp3) is 0.533. The molecule has 2 rings (SSSR count). The monoisotopic (exact) mass is 243 g/mol. The summed E-state index contributed by atoms with van der Waals surface area (Å²) in [5, 5.41) is 12.4. The second-order valence-corrected chi connectivity index (χ2v) is 5.21. The van der Waals surface area contributed by atoms with Crippen LogP contribution >= 0.6 is 0 Å². The van der Waals surface area contributed by atoms with Crippen LogP contribution in [0.2, 0.25) is 0 Å². The highest BCUT2D eigenvalue weighted by atomic mass is 15.1. The Balaban J connectivity index is 1.76. The lowest BCUT2D eigenvalue weighted by Crippen LogP contribution is -2.37. The number of piperidine rings is 1. The largest absolute Gasteiger partial charge is 0.312 e. The Kier molecular flexibility index (Phi) is 4.74. The van der Waals surface area contributed by atoms with Gasteiger partial charge in [0, 0.05) is 13.1 Å². The molecule has 0 spiro atoms. The number of nitrogens with zero attached hydrogens (tertiary/aromatic N) is 2. The molecule has 0 bridgehead atoms. The smallest absolute Gasteiger partial charge is 0.0991 e. The number of rotatable bonds is 4. The van der Waals surface area contributed by atoms with Crippen molar-refractivity contribution in [2.45, 2.75) is 19.4 Å². The molecule has 96 valence electrons. The van der Waals surface area contributed by atoms with Crippen LogP contribution in [0.4, 0.5) is 0 Å². The summed E-state index contributed by atoms with van der Waals surface area (Å²) in [6.45, 7) is 4.36. The SMILES string of the molecule is CN1CCCC(CNCc2cccc(C#N)c2)C1. The zero-order valence-electron chi connectivity index (χ0n) is 11.0. The van der Waals surface area contributed by atoms with Crippen LogP contribution in [0.1, 0.15) is 24.0 Å². The summed E-state index contributed by atoms with van der Waals surface area (Å²) in [5.74, 6) is 0.767. The van der Waals surface area contributed by atoms with E-state index >= 15 is 0 Å². The van der Waals surface area contributed by atoms with E-state index in [2.05, 4.69) is 29.4 Å². The third-order valence-corrected chi connectivity index (χ3v) is 3.54. The molecule has 0 radical (unpaired) electrons. The van der Waals surface area contributed by atoms with Crippen LogP contribution < -0.4 is 5.32 Å². The van der Waals surface area contributed by atoms with Crippen LogP contribution in [0, 0.1) is 17.2 Å². The van der Waals surface area contributed by atoms with Gasteiger partial charge in [0.2, 0.25) is 0 Å². The predicted molar refractivity (Wildman–Crippen MR) is 73.1 cm³/mol. The number of hydrogen-bond acceptors (Lipinski definition) is 3. The summed E-state index contributed by atoms with van der Waals surface area (Å²) >= 11 is 0. The van der Waals surface area contributed by atoms with Crippen molar-refractivity contribution in [1.29, 1.82) is 5.26 Å². The Morgan fingerprint density at radius 1 is 1.50 bits per heavy atom. The first-order valence-electron chi connectivity index (χ1n) is 6.66. The van der Waals surface area contributed by atoms with Crippen LogP contribution in [0.25, 0.3) is 0 Å². The van der Waals surface area contributed by atoms with Crippen molar-refractivity contribution < 1.29 is 0 Å². The van der Waals surface area contributed by atoms with Crippen LogP contribution in [-0.2, 0) is 6.54 Å². The van der Waals surface area contributed by atoms with Crippen molar-refractivity contribution in [3.8, 4) is 6.07 Å². The molecular weight excluding hydrogens is 222 g/mol. The highest BCUT2D eigenvalue weighted by molar-refractivity contribution is 5.32. The van der Waals surface area contributed by atoms with Gasteiger partial charge < -0.3 is 10.2 Å². The van der Waals surface area contributed by atoms with Crippen LogP contribution in [-0.4, -0.2) is 31.6 Å². The normalized spacial score (nSPS) is 20.6. The minimum atomic E-state index is 0.742. The van der Waals surface area contributed by atoms with E-state index in [0.717, 1.165) is 24.6 Å². The highest BCUT2D eigenvalue weighted by Crippen LogP contribution is 2.14. The maximum Gasteiger partial charge on any atom is 0.0991 e. The molecule has 3 heteroatoms. The van der Waals surface area contributed by atoms with Gasteiger partial charge in [0.05, 0.1) is 11.6 Å². The molecule has 1 unspecified atom stereocenters. The Labute approximate surface area is 109 Å². The number of hydrogen-bond donors (Lipinski definition) is 1. The maximum atomic E-state index is 8.84. The third-order valence-electron chi connectivity index (χ3n) is 3.54. The van der Waals surface area contributed by atoms with Gasteiger partial charge in [-0.15, -0.1) is 0 Å². The number of benzene rings is 1. The molecule has 3 nitrogen and oxygen atoms in total. The Hall–Kier alpha value is -1.37. The van der Waals surface area contributed by atoms with Crippen molar-refractivity contribution >= 4 is 0 Å². The van der Waals surface area contributed by atoms with Crippen LogP contribution in [0.15, 0.2) is 24.3 Å². The number of nitrogens with one attached hydrogen (secondary N) is 1. The highest BCUT2D eigenvalue weighted by Gasteiger charge is 2.16. The Bertz CT molecular complexity index is 422. The van der Waals surface area contributed by atoms with Gasteiger partial charge in [0.15, 0.2) is 0 Å². The molecule has 1 aliphatic heterocycles. The van der Waals surface area contributed by atoms with Crippen molar-refractivity contribution in [3.63, 3.8) is 0 Å². The molecule has 0 amide bonds. The number of nitriles is 1. The van der Waals surface area contributed by atoms with Crippen molar-refractivity contribution in [3.05, 3.63) is 35.4 Å². The van der Waals surface area contributed by atoms with E-state index in [9.17, 15) is 0 Å². The third kappa shape index (κ3) is 3.83. The van der Waals surface area contributed by atoms with E-state index in [4.69, 9.17) is 5.26 Å². The van der Waals surface area contributed by atoms with E-state index in [1.807, 2.05) is 18.2 Å². The van der Waals surface area contributed by atoms with E-state index in [0.29, 0.717) is 0 Å². The molecule has 0 saturated carbocycles. The van der Waals surface area contributed by atoms with E-state index in [-0.39, 0.29) is 0 Å². The first-order chi connectivity index (χ1) is 8.78. The second-order valence-electron chi connectivity index (χ2n) is 5.21. The van der Waals surface area contributed by atoms with E-state index in [1.54, 1.807) is 0 Å².